The van der Waals surface area contributed by atoms with Crippen molar-refractivity contribution in [2.45, 2.75) is 10.4 Å². The van der Waals surface area contributed by atoms with Crippen LogP contribution in [0, 0.1) is 5.82 Å². The second-order valence-corrected chi connectivity index (χ2v) is 4.24. The van der Waals surface area contributed by atoms with Crippen LogP contribution in [0.25, 0.3) is 0 Å². The fourth-order valence-electron chi connectivity index (χ4n) is 0.739. The minimum atomic E-state index is -5.86. The fourth-order valence-corrected chi connectivity index (χ4v) is 1.48. The van der Waals surface area contributed by atoms with Crippen LogP contribution in [-0.4, -0.2) is 5.51 Å². The third-order valence-electron chi connectivity index (χ3n) is 1.40. The van der Waals surface area contributed by atoms with E-state index in [0.29, 0.717) is 24.3 Å². The van der Waals surface area contributed by atoms with Crippen LogP contribution in [-0.2, 0) is 0 Å². The molecule has 1 aromatic carbocycles. The highest BCUT2D eigenvalue weighted by Crippen LogP contribution is 2.70. The average molecular weight is 234 g/mol. The molecule has 0 fully saturated rings. The van der Waals surface area contributed by atoms with Crippen molar-refractivity contribution in [3.63, 3.8) is 0 Å². The topological polar surface area (TPSA) is 0 Å². The normalized spacial score (nSPS) is 14.1. The molecule has 0 aliphatic carbocycles. The van der Waals surface area contributed by atoms with E-state index in [0.717, 1.165) is 0 Å². The minimum Gasteiger partial charge on any atom is -0.207 e. The average Bonchev–Trinajstić information content (AvgIpc) is 2.03. The summed E-state index contributed by atoms with van der Waals surface area (Å²) in [5.74, 6) is -0.855. The Morgan fingerprint density at radius 1 is 0.929 bits per heavy atom. The first kappa shape index (κ1) is 11.2. The lowest BCUT2D eigenvalue weighted by atomic mass is 10.4. The van der Waals surface area contributed by atoms with Gasteiger partial charge in [-0.05, 0) is 24.3 Å². The van der Waals surface area contributed by atoms with Crippen molar-refractivity contribution >= 4 is 10.8 Å². The predicted octanol–water partition coefficient (Wildman–Crippen LogP) is 4.28. The van der Waals surface area contributed by atoms with E-state index in [-0.39, 0.29) is 0 Å². The molecule has 1 aromatic rings. The van der Waals surface area contributed by atoms with Crippen LogP contribution in [0.4, 0.5) is 25.3 Å². The van der Waals surface area contributed by atoms with Gasteiger partial charge in [-0.25, -0.2) is 4.39 Å². The number of alkyl halides is 3. The van der Waals surface area contributed by atoms with Gasteiger partial charge in [-0.1, -0.05) is 0 Å². The van der Waals surface area contributed by atoms with Gasteiger partial charge in [0.2, 0.25) is 0 Å². The van der Waals surface area contributed by atoms with E-state index < -0.39 is 27.0 Å². The number of halogens is 6. The summed E-state index contributed by atoms with van der Waals surface area (Å²) >= 11 is 0. The third-order valence-corrected chi connectivity index (χ3v) is 2.85. The molecule has 80 valence electrons. The van der Waals surface area contributed by atoms with Gasteiger partial charge in [0.15, 0.2) is 10.8 Å². The first-order valence-corrected chi connectivity index (χ1v) is 4.73. The Kier molecular flexibility index (Phi) is 2.71. The van der Waals surface area contributed by atoms with E-state index in [1.807, 2.05) is 0 Å². The molecule has 0 atom stereocenters. The van der Waals surface area contributed by atoms with Crippen LogP contribution in [0.3, 0.4) is 0 Å². The second-order valence-electron chi connectivity index (χ2n) is 2.37. The van der Waals surface area contributed by atoms with Crippen LogP contribution in [0.1, 0.15) is 0 Å². The monoisotopic (exact) mass is 234 g/mol. The molecular formula is C7H4F6S. The zero-order chi connectivity index (χ0) is 11.0. The molecule has 0 bridgehead atoms. The SMILES string of the molecule is Fc1ccc(S(F)(F)C(F)(F)F)cc1. The lowest BCUT2D eigenvalue weighted by molar-refractivity contribution is -0.0463. The Bertz CT molecular complexity index is 314. The van der Waals surface area contributed by atoms with Crippen molar-refractivity contribution in [1.29, 1.82) is 0 Å². The summed E-state index contributed by atoms with van der Waals surface area (Å²) in [6.07, 6.45) is 0. The molecule has 0 saturated carbocycles. The molecule has 0 unspecified atom stereocenters. The maximum absolute atomic E-state index is 12.6. The number of hydrogen-bond acceptors (Lipinski definition) is 0. The first-order chi connectivity index (χ1) is 6.25. The summed E-state index contributed by atoms with van der Waals surface area (Å²) < 4.78 is 73.0. The van der Waals surface area contributed by atoms with Crippen LogP contribution in [0.5, 0.6) is 0 Å². The Hall–Kier alpha value is -0.850. The van der Waals surface area contributed by atoms with Crippen molar-refractivity contribution in [3.8, 4) is 0 Å². The summed E-state index contributed by atoms with van der Waals surface area (Å²) in [4.78, 5) is -1.19. The lowest BCUT2D eigenvalue weighted by Gasteiger charge is -2.23. The van der Waals surface area contributed by atoms with Crippen LogP contribution in [0.15, 0.2) is 29.2 Å². The predicted molar refractivity (Wildman–Crippen MR) is 40.5 cm³/mol. The van der Waals surface area contributed by atoms with Crippen molar-refractivity contribution in [1.82, 2.24) is 0 Å². The quantitative estimate of drug-likeness (QED) is 0.636. The largest absolute Gasteiger partial charge is 0.482 e. The molecule has 1 rings (SSSR count). The maximum Gasteiger partial charge on any atom is 0.482 e. The number of rotatable bonds is 1. The summed E-state index contributed by atoms with van der Waals surface area (Å²) in [6, 6.07) is 2.03. The molecular weight excluding hydrogens is 230 g/mol. The second kappa shape index (κ2) is 3.38. The zero-order valence-electron chi connectivity index (χ0n) is 6.49. The molecule has 0 spiro atoms. The van der Waals surface area contributed by atoms with Crippen molar-refractivity contribution < 1.29 is 25.3 Å². The molecule has 0 aliphatic rings. The number of benzene rings is 1. The van der Waals surface area contributed by atoms with Gasteiger partial charge in [-0.15, -0.1) is 7.77 Å². The van der Waals surface area contributed by atoms with E-state index in [1.54, 1.807) is 0 Å². The summed E-state index contributed by atoms with van der Waals surface area (Å²) in [5.41, 5.74) is -5.58. The Balaban J connectivity index is 3.10. The molecule has 0 aromatic heterocycles. The van der Waals surface area contributed by atoms with Crippen LogP contribution < -0.4 is 0 Å². The first-order valence-electron chi connectivity index (χ1n) is 3.29. The summed E-state index contributed by atoms with van der Waals surface area (Å²) in [6.45, 7) is 0. The summed E-state index contributed by atoms with van der Waals surface area (Å²) in [7, 11) is -5.86. The van der Waals surface area contributed by atoms with E-state index in [2.05, 4.69) is 0 Å². The van der Waals surface area contributed by atoms with Gasteiger partial charge >= 0.3 is 5.51 Å². The van der Waals surface area contributed by atoms with Gasteiger partial charge in [0.05, 0.1) is 4.90 Å². The molecule has 0 nitrogen and oxygen atoms in total. The molecule has 7 heteroatoms. The van der Waals surface area contributed by atoms with Gasteiger partial charge in [0.25, 0.3) is 0 Å². The lowest BCUT2D eigenvalue weighted by Crippen LogP contribution is -2.12. The van der Waals surface area contributed by atoms with Gasteiger partial charge in [0.1, 0.15) is 5.82 Å². The highest BCUT2D eigenvalue weighted by Gasteiger charge is 2.54. The highest BCUT2D eigenvalue weighted by atomic mass is 32.3. The molecule has 14 heavy (non-hydrogen) atoms. The van der Waals surface area contributed by atoms with Crippen LogP contribution in [0.2, 0.25) is 0 Å². The molecule has 0 N–H and O–H groups in total. The van der Waals surface area contributed by atoms with Gasteiger partial charge in [0, 0.05) is 0 Å². The highest BCUT2D eigenvalue weighted by molar-refractivity contribution is 8.26. The van der Waals surface area contributed by atoms with E-state index in [1.165, 1.54) is 0 Å². The molecule has 0 saturated heterocycles. The van der Waals surface area contributed by atoms with Crippen molar-refractivity contribution in [2.24, 2.45) is 0 Å². The molecule has 0 radical (unpaired) electrons. The Morgan fingerprint density at radius 2 is 1.36 bits per heavy atom. The maximum atomic E-state index is 12.6. The fraction of sp³-hybridized carbons (Fsp3) is 0.143. The molecule has 0 heterocycles. The summed E-state index contributed by atoms with van der Waals surface area (Å²) in [5, 5.41) is 0. The third kappa shape index (κ3) is 1.97. The molecule has 0 aliphatic heterocycles. The van der Waals surface area contributed by atoms with E-state index in [9.17, 15) is 25.3 Å². The minimum absolute atomic E-state index is 0.443. The van der Waals surface area contributed by atoms with Gasteiger partial charge < -0.3 is 0 Å². The van der Waals surface area contributed by atoms with Gasteiger partial charge in [-0.3, -0.25) is 0 Å². The number of hydrogen-bond donors (Lipinski definition) is 0. The van der Waals surface area contributed by atoms with Gasteiger partial charge in [-0.2, -0.15) is 13.2 Å². The Morgan fingerprint density at radius 3 is 1.71 bits per heavy atom. The Labute approximate surface area is 77.4 Å². The molecule has 0 amide bonds. The van der Waals surface area contributed by atoms with E-state index in [4.69, 9.17) is 0 Å². The van der Waals surface area contributed by atoms with Crippen LogP contribution >= 0.6 is 10.8 Å². The zero-order valence-corrected chi connectivity index (χ0v) is 7.30. The smallest absolute Gasteiger partial charge is 0.207 e. The van der Waals surface area contributed by atoms with Crippen molar-refractivity contribution in [3.05, 3.63) is 30.1 Å². The standard InChI is InChI=1S/C7H4F6S/c8-5-1-3-6(4-2-5)14(12,13)7(9,10)11/h1-4H. The van der Waals surface area contributed by atoms with Crippen molar-refractivity contribution in [2.75, 3.05) is 0 Å². The van der Waals surface area contributed by atoms with E-state index >= 15 is 0 Å².